The van der Waals surface area contributed by atoms with Crippen LogP contribution in [0.3, 0.4) is 0 Å². The third-order valence-corrected chi connectivity index (χ3v) is 5.22. The largest absolute Gasteiger partial charge is 0.350 e. The van der Waals surface area contributed by atoms with Crippen molar-refractivity contribution in [2.75, 3.05) is 40.3 Å². The number of carbonyl (C=O) groups excluding carboxylic acids is 2. The average molecular weight is 365 g/mol. The highest BCUT2D eigenvalue weighted by Gasteiger charge is 2.22. The van der Waals surface area contributed by atoms with Gasteiger partial charge in [0.25, 0.3) is 5.91 Å². The quantitative estimate of drug-likeness (QED) is 0.828. The number of benzene rings is 2. The molecule has 0 saturated carbocycles. The number of nitrogens with one attached hydrogen (secondary N) is 1. The van der Waals surface area contributed by atoms with Crippen LogP contribution in [0.15, 0.2) is 48.5 Å². The number of Topliss-reactive ketones (excluding diaryl/α,β-unsaturated/α-hetero) is 1. The zero-order valence-electron chi connectivity index (χ0n) is 16.2. The van der Waals surface area contributed by atoms with Crippen LogP contribution in [0.25, 0.3) is 11.1 Å². The number of hydrogen-bond donors (Lipinski definition) is 1. The second-order valence-electron chi connectivity index (χ2n) is 7.29. The Morgan fingerprint density at radius 1 is 1.07 bits per heavy atom. The molecule has 1 aliphatic heterocycles. The number of ketones is 1. The summed E-state index contributed by atoms with van der Waals surface area (Å²) in [6.45, 7) is 5.19. The minimum Gasteiger partial charge on any atom is -0.350 e. The number of carbonyl (C=O) groups is 2. The van der Waals surface area contributed by atoms with Crippen molar-refractivity contribution >= 4 is 11.7 Å². The highest BCUT2D eigenvalue weighted by Crippen LogP contribution is 2.25. The summed E-state index contributed by atoms with van der Waals surface area (Å²) in [5.41, 5.74) is 3.01. The van der Waals surface area contributed by atoms with Gasteiger partial charge in [-0.25, -0.2) is 0 Å². The van der Waals surface area contributed by atoms with E-state index in [9.17, 15) is 9.59 Å². The maximum atomic E-state index is 12.7. The predicted molar refractivity (Wildman–Crippen MR) is 108 cm³/mol. The lowest BCUT2D eigenvalue weighted by molar-refractivity contribution is 0.0881. The van der Waals surface area contributed by atoms with Gasteiger partial charge in [0.05, 0.1) is 0 Å². The molecule has 2 aromatic carbocycles. The molecule has 1 heterocycles. The van der Waals surface area contributed by atoms with E-state index in [0.29, 0.717) is 23.7 Å². The standard InChI is InChI=1S/C22H27N3O2/c1-16(26)20-9-4-5-10-21(20)17-7-6-8-18(13-17)22(27)23-14-19-15-24(2)11-12-25(19)3/h4-10,13,19H,11-12,14-15H2,1-3H3,(H,23,27). The Labute approximate surface area is 161 Å². The first-order valence-corrected chi connectivity index (χ1v) is 9.33. The van der Waals surface area contributed by atoms with Crippen LogP contribution < -0.4 is 5.32 Å². The molecule has 1 fully saturated rings. The van der Waals surface area contributed by atoms with E-state index in [-0.39, 0.29) is 11.7 Å². The number of piperazine rings is 1. The number of rotatable bonds is 5. The van der Waals surface area contributed by atoms with Crippen molar-refractivity contribution in [1.29, 1.82) is 0 Å². The van der Waals surface area contributed by atoms with Gasteiger partial charge in [-0.3, -0.25) is 14.5 Å². The summed E-state index contributed by atoms with van der Waals surface area (Å²) in [5.74, 6) is -0.0660. The van der Waals surface area contributed by atoms with Gasteiger partial charge in [0.1, 0.15) is 0 Å². The first-order chi connectivity index (χ1) is 13.0. The maximum absolute atomic E-state index is 12.7. The van der Waals surface area contributed by atoms with Gasteiger partial charge in [0, 0.05) is 43.3 Å². The van der Waals surface area contributed by atoms with Crippen molar-refractivity contribution in [2.45, 2.75) is 13.0 Å². The van der Waals surface area contributed by atoms with Crippen molar-refractivity contribution in [3.63, 3.8) is 0 Å². The van der Waals surface area contributed by atoms with E-state index in [4.69, 9.17) is 0 Å². The summed E-state index contributed by atoms with van der Waals surface area (Å²) in [5, 5.41) is 3.06. The van der Waals surface area contributed by atoms with Crippen molar-refractivity contribution in [1.82, 2.24) is 15.1 Å². The average Bonchev–Trinajstić information content (AvgIpc) is 2.68. The molecular weight excluding hydrogens is 338 g/mol. The third kappa shape index (κ3) is 4.62. The van der Waals surface area contributed by atoms with Crippen LogP contribution in [0.2, 0.25) is 0 Å². The molecule has 0 radical (unpaired) electrons. The van der Waals surface area contributed by atoms with Crippen molar-refractivity contribution in [3.05, 3.63) is 59.7 Å². The summed E-state index contributed by atoms with van der Waals surface area (Å²) >= 11 is 0. The zero-order chi connectivity index (χ0) is 19.4. The Morgan fingerprint density at radius 2 is 1.85 bits per heavy atom. The van der Waals surface area contributed by atoms with Gasteiger partial charge >= 0.3 is 0 Å². The van der Waals surface area contributed by atoms with E-state index in [2.05, 4.69) is 29.2 Å². The van der Waals surface area contributed by atoms with Crippen LogP contribution in [0, 0.1) is 0 Å². The third-order valence-electron chi connectivity index (χ3n) is 5.22. The fourth-order valence-electron chi connectivity index (χ4n) is 3.50. The fourth-order valence-corrected chi connectivity index (χ4v) is 3.50. The summed E-state index contributed by atoms with van der Waals surface area (Å²) < 4.78 is 0. The maximum Gasteiger partial charge on any atom is 0.251 e. The van der Waals surface area contributed by atoms with E-state index >= 15 is 0 Å². The van der Waals surface area contributed by atoms with Crippen LogP contribution in [-0.2, 0) is 0 Å². The van der Waals surface area contributed by atoms with E-state index < -0.39 is 0 Å². The zero-order valence-corrected chi connectivity index (χ0v) is 16.2. The minimum absolute atomic E-state index is 0.0184. The molecule has 1 amide bonds. The van der Waals surface area contributed by atoms with Crippen LogP contribution in [0.5, 0.6) is 0 Å². The van der Waals surface area contributed by atoms with Gasteiger partial charge in [-0.15, -0.1) is 0 Å². The van der Waals surface area contributed by atoms with E-state index in [0.717, 1.165) is 30.8 Å². The first kappa shape index (κ1) is 19.3. The molecule has 1 unspecified atom stereocenters. The van der Waals surface area contributed by atoms with Gasteiger partial charge in [0.2, 0.25) is 0 Å². The van der Waals surface area contributed by atoms with Gasteiger partial charge < -0.3 is 10.2 Å². The van der Waals surface area contributed by atoms with Crippen molar-refractivity contribution in [2.24, 2.45) is 0 Å². The number of hydrogen-bond acceptors (Lipinski definition) is 4. The monoisotopic (exact) mass is 365 g/mol. The normalized spacial score (nSPS) is 18.3. The van der Waals surface area contributed by atoms with E-state index in [1.807, 2.05) is 48.5 Å². The Kier molecular flexibility index (Phi) is 6.04. The number of nitrogens with zero attached hydrogens (tertiary/aromatic N) is 2. The van der Waals surface area contributed by atoms with Crippen LogP contribution in [-0.4, -0.2) is 67.8 Å². The summed E-state index contributed by atoms with van der Waals surface area (Å²) in [7, 11) is 4.21. The Balaban J connectivity index is 1.74. The van der Waals surface area contributed by atoms with Gasteiger partial charge in [0.15, 0.2) is 5.78 Å². The Morgan fingerprint density at radius 3 is 2.63 bits per heavy atom. The molecule has 1 atom stereocenters. The minimum atomic E-state index is -0.0845. The molecule has 3 rings (SSSR count). The molecule has 0 aromatic heterocycles. The van der Waals surface area contributed by atoms with Gasteiger partial charge in [-0.2, -0.15) is 0 Å². The SMILES string of the molecule is CC(=O)c1ccccc1-c1cccc(C(=O)NCC2CN(C)CCN2C)c1. The Bertz CT molecular complexity index is 834. The molecule has 1 saturated heterocycles. The van der Waals surface area contributed by atoms with Crippen LogP contribution in [0.4, 0.5) is 0 Å². The number of amides is 1. The Hall–Kier alpha value is -2.50. The summed E-state index contributed by atoms with van der Waals surface area (Å²) in [6.07, 6.45) is 0. The first-order valence-electron chi connectivity index (χ1n) is 9.33. The predicted octanol–water partition coefficient (Wildman–Crippen LogP) is 2.53. The van der Waals surface area contributed by atoms with Crippen LogP contribution in [0.1, 0.15) is 27.6 Å². The molecule has 142 valence electrons. The highest BCUT2D eigenvalue weighted by molar-refractivity contribution is 6.02. The topological polar surface area (TPSA) is 52.7 Å². The molecular formula is C22H27N3O2. The fraction of sp³-hybridized carbons (Fsp3) is 0.364. The molecule has 1 N–H and O–H groups in total. The molecule has 2 aromatic rings. The smallest absolute Gasteiger partial charge is 0.251 e. The second-order valence-corrected chi connectivity index (χ2v) is 7.29. The van der Waals surface area contributed by atoms with Crippen molar-refractivity contribution in [3.8, 4) is 11.1 Å². The van der Waals surface area contributed by atoms with Gasteiger partial charge in [-0.1, -0.05) is 36.4 Å². The molecule has 0 bridgehead atoms. The van der Waals surface area contributed by atoms with Crippen molar-refractivity contribution < 1.29 is 9.59 Å². The second kappa shape index (κ2) is 8.46. The number of likely N-dealkylation sites (N-methyl/N-ethyl adjacent to an activating group) is 2. The lowest BCUT2D eigenvalue weighted by Gasteiger charge is -2.37. The summed E-state index contributed by atoms with van der Waals surface area (Å²) in [4.78, 5) is 29.2. The molecule has 5 heteroatoms. The lowest BCUT2D eigenvalue weighted by atomic mass is 9.96. The summed E-state index contributed by atoms with van der Waals surface area (Å²) in [6, 6.07) is 15.3. The molecule has 5 nitrogen and oxygen atoms in total. The molecule has 27 heavy (non-hydrogen) atoms. The van der Waals surface area contributed by atoms with Crippen LogP contribution >= 0.6 is 0 Å². The van der Waals surface area contributed by atoms with Gasteiger partial charge in [-0.05, 0) is 44.3 Å². The molecule has 0 aliphatic carbocycles. The molecule has 1 aliphatic rings. The van der Waals surface area contributed by atoms with E-state index in [1.54, 1.807) is 6.92 Å². The molecule has 0 spiro atoms. The highest BCUT2D eigenvalue weighted by atomic mass is 16.1. The van der Waals surface area contributed by atoms with E-state index in [1.165, 1.54) is 0 Å². The lowest BCUT2D eigenvalue weighted by Crippen LogP contribution is -2.54.